The number of nitrogens with one attached hydrogen (secondary N) is 2. The number of carbonyl (C=O) groups excluding carboxylic acids is 1. The van der Waals surface area contributed by atoms with Gasteiger partial charge in [-0.05, 0) is 35.7 Å². The van der Waals surface area contributed by atoms with Crippen LogP contribution < -0.4 is 10.6 Å². The Morgan fingerprint density at radius 1 is 1.13 bits per heavy atom. The SMILES string of the molecule is CN1CCc2cc(Nc3ncc(-c4nc(C(F)(F)F)no4)c(N[C@H](CO)c4ccccc4)n3)ccc2C1=O. The molecule has 13 heteroatoms. The number of likely N-dealkylation sites (N-methyl/N-ethyl adjacent to an activating group) is 1. The molecule has 0 saturated heterocycles. The molecule has 1 aliphatic heterocycles. The summed E-state index contributed by atoms with van der Waals surface area (Å²) in [5.41, 5.74) is 2.86. The number of nitrogens with zero attached hydrogens (tertiary/aromatic N) is 5. The number of halogens is 3. The third kappa shape index (κ3) is 5.13. The van der Waals surface area contributed by atoms with Gasteiger partial charge in [0.15, 0.2) is 0 Å². The Morgan fingerprint density at radius 3 is 2.63 bits per heavy atom. The highest BCUT2D eigenvalue weighted by molar-refractivity contribution is 5.97. The van der Waals surface area contributed by atoms with E-state index >= 15 is 0 Å². The van der Waals surface area contributed by atoms with Crippen LogP contribution in [0.5, 0.6) is 0 Å². The average molecular weight is 525 g/mol. The largest absolute Gasteiger partial charge is 0.455 e. The van der Waals surface area contributed by atoms with Crippen LogP contribution in [0.25, 0.3) is 11.5 Å². The summed E-state index contributed by atoms with van der Waals surface area (Å²) in [6.45, 7) is 0.266. The van der Waals surface area contributed by atoms with Crippen LogP contribution >= 0.6 is 0 Å². The molecule has 38 heavy (non-hydrogen) atoms. The van der Waals surface area contributed by atoms with E-state index in [0.717, 1.165) is 11.1 Å². The summed E-state index contributed by atoms with van der Waals surface area (Å²) in [4.78, 5) is 26.1. The van der Waals surface area contributed by atoms with Gasteiger partial charge >= 0.3 is 6.18 Å². The van der Waals surface area contributed by atoms with Crippen molar-refractivity contribution in [3.63, 3.8) is 0 Å². The van der Waals surface area contributed by atoms with Crippen LogP contribution in [-0.4, -0.2) is 56.2 Å². The molecule has 5 rings (SSSR count). The Labute approximate surface area is 214 Å². The van der Waals surface area contributed by atoms with E-state index in [0.29, 0.717) is 24.2 Å². The lowest BCUT2D eigenvalue weighted by atomic mass is 9.99. The van der Waals surface area contributed by atoms with Crippen LogP contribution in [0.2, 0.25) is 0 Å². The van der Waals surface area contributed by atoms with Crippen molar-refractivity contribution in [1.29, 1.82) is 0 Å². The Bertz CT molecular complexity index is 1460. The molecule has 196 valence electrons. The van der Waals surface area contributed by atoms with E-state index in [9.17, 15) is 23.1 Å². The topological polar surface area (TPSA) is 129 Å². The third-order valence-corrected chi connectivity index (χ3v) is 6.05. The minimum absolute atomic E-state index is 0.0204. The molecule has 1 aliphatic rings. The Morgan fingerprint density at radius 2 is 1.92 bits per heavy atom. The van der Waals surface area contributed by atoms with Crippen molar-refractivity contribution in [1.82, 2.24) is 25.0 Å². The van der Waals surface area contributed by atoms with Crippen LogP contribution in [0, 0.1) is 0 Å². The van der Waals surface area contributed by atoms with E-state index in [4.69, 9.17) is 4.52 Å². The van der Waals surface area contributed by atoms with Gasteiger partial charge in [-0.3, -0.25) is 4.79 Å². The third-order valence-electron chi connectivity index (χ3n) is 6.05. The van der Waals surface area contributed by atoms with Crippen LogP contribution in [0.4, 0.5) is 30.6 Å². The molecule has 10 nitrogen and oxygen atoms in total. The molecular weight excluding hydrogens is 503 g/mol. The van der Waals surface area contributed by atoms with Gasteiger partial charge in [-0.1, -0.05) is 35.5 Å². The lowest BCUT2D eigenvalue weighted by Crippen LogP contribution is -2.34. The standard InChI is InChI=1S/C25H22F3N7O3/c1-35-10-9-15-11-16(7-8-17(15)22(35)37)30-24-29-12-18(21-33-23(34-38-21)25(26,27)28)20(32-24)31-19(13-36)14-5-3-2-4-6-14/h2-8,11-12,19,36H,9-10,13H2,1H3,(H2,29,30,31,32)/t19-/m1/s1. The van der Waals surface area contributed by atoms with Gasteiger partial charge in [-0.25, -0.2) is 4.98 Å². The van der Waals surface area contributed by atoms with Gasteiger partial charge in [0.1, 0.15) is 11.4 Å². The second-order valence-corrected chi connectivity index (χ2v) is 8.64. The smallest absolute Gasteiger partial charge is 0.394 e. The molecule has 0 radical (unpaired) electrons. The molecule has 0 bridgehead atoms. The monoisotopic (exact) mass is 525 g/mol. The second kappa shape index (κ2) is 10.1. The zero-order valence-corrected chi connectivity index (χ0v) is 20.0. The highest BCUT2D eigenvalue weighted by atomic mass is 19.4. The molecule has 3 N–H and O–H groups in total. The van der Waals surface area contributed by atoms with E-state index in [1.54, 1.807) is 48.3 Å². The van der Waals surface area contributed by atoms with Gasteiger partial charge in [0.2, 0.25) is 5.95 Å². The van der Waals surface area contributed by atoms with Crippen LogP contribution in [0.1, 0.15) is 33.4 Å². The van der Waals surface area contributed by atoms with E-state index in [1.165, 1.54) is 6.20 Å². The number of aliphatic hydroxyl groups excluding tert-OH is 1. The molecule has 0 fully saturated rings. The van der Waals surface area contributed by atoms with Gasteiger partial charge in [-0.15, -0.1) is 0 Å². The quantitative estimate of drug-likeness (QED) is 0.327. The number of hydrogen-bond donors (Lipinski definition) is 3. The fourth-order valence-corrected chi connectivity index (χ4v) is 4.05. The first kappa shape index (κ1) is 25.1. The van der Waals surface area contributed by atoms with Crippen molar-refractivity contribution in [2.45, 2.75) is 18.6 Å². The summed E-state index contributed by atoms with van der Waals surface area (Å²) in [6.07, 6.45) is -2.85. The highest BCUT2D eigenvalue weighted by Crippen LogP contribution is 2.33. The van der Waals surface area contributed by atoms with Gasteiger partial charge in [-0.2, -0.15) is 23.1 Å². The average Bonchev–Trinajstić information content (AvgIpc) is 3.41. The molecule has 0 saturated carbocycles. The number of aromatic nitrogens is 4. The molecule has 2 aromatic heterocycles. The molecule has 0 unspecified atom stereocenters. The van der Waals surface area contributed by atoms with Crippen molar-refractivity contribution in [3.05, 3.63) is 77.2 Å². The summed E-state index contributed by atoms with van der Waals surface area (Å²) in [6, 6.07) is 13.6. The first-order valence-corrected chi connectivity index (χ1v) is 11.6. The maximum absolute atomic E-state index is 13.1. The summed E-state index contributed by atoms with van der Waals surface area (Å²) < 4.78 is 44.1. The molecule has 0 aliphatic carbocycles. The zero-order valence-electron chi connectivity index (χ0n) is 20.0. The van der Waals surface area contributed by atoms with E-state index < -0.39 is 23.9 Å². The molecule has 2 aromatic carbocycles. The summed E-state index contributed by atoms with van der Waals surface area (Å²) in [5, 5.41) is 19.1. The predicted octanol–water partition coefficient (Wildman–Crippen LogP) is 4.06. The minimum Gasteiger partial charge on any atom is -0.394 e. The molecule has 1 atom stereocenters. The second-order valence-electron chi connectivity index (χ2n) is 8.64. The number of benzene rings is 2. The number of aliphatic hydroxyl groups is 1. The number of hydrogen-bond acceptors (Lipinski definition) is 9. The lowest BCUT2D eigenvalue weighted by molar-refractivity contribution is -0.146. The number of carbonyl (C=O) groups is 1. The lowest BCUT2D eigenvalue weighted by Gasteiger charge is -2.25. The zero-order chi connectivity index (χ0) is 26.9. The van der Waals surface area contributed by atoms with Crippen molar-refractivity contribution >= 4 is 23.4 Å². The number of fused-ring (bicyclic) bond motifs is 1. The summed E-state index contributed by atoms with van der Waals surface area (Å²) >= 11 is 0. The Balaban J connectivity index is 1.49. The molecule has 0 spiro atoms. The van der Waals surface area contributed by atoms with Crippen molar-refractivity contribution < 1.29 is 27.6 Å². The van der Waals surface area contributed by atoms with Crippen molar-refractivity contribution in [2.75, 3.05) is 30.8 Å². The number of alkyl halides is 3. The fraction of sp³-hybridized carbons (Fsp3) is 0.240. The predicted molar refractivity (Wildman–Crippen MR) is 131 cm³/mol. The highest BCUT2D eigenvalue weighted by Gasteiger charge is 2.38. The Kier molecular flexibility index (Phi) is 6.68. The van der Waals surface area contributed by atoms with Gasteiger partial charge < -0.3 is 25.2 Å². The Hall–Kier alpha value is -4.52. The minimum atomic E-state index is -4.79. The maximum atomic E-state index is 13.1. The van der Waals surface area contributed by atoms with Gasteiger partial charge in [0.25, 0.3) is 17.6 Å². The first-order valence-electron chi connectivity index (χ1n) is 11.6. The van der Waals surface area contributed by atoms with Crippen molar-refractivity contribution in [3.8, 4) is 11.5 Å². The molecule has 3 heterocycles. The van der Waals surface area contributed by atoms with Crippen LogP contribution in [0.3, 0.4) is 0 Å². The number of amides is 1. The first-order chi connectivity index (χ1) is 18.2. The molecule has 4 aromatic rings. The fourth-order valence-electron chi connectivity index (χ4n) is 4.05. The maximum Gasteiger partial charge on any atom is 0.455 e. The van der Waals surface area contributed by atoms with E-state index in [2.05, 4.69) is 30.7 Å². The molecular formula is C25H22F3N7O3. The van der Waals surface area contributed by atoms with Crippen LogP contribution in [-0.2, 0) is 12.6 Å². The van der Waals surface area contributed by atoms with Crippen molar-refractivity contribution in [2.24, 2.45) is 0 Å². The number of rotatable bonds is 7. The van der Waals surface area contributed by atoms with Gasteiger partial charge in [0, 0.05) is 31.0 Å². The molecule has 1 amide bonds. The summed E-state index contributed by atoms with van der Waals surface area (Å²) in [5.74, 6) is -1.74. The summed E-state index contributed by atoms with van der Waals surface area (Å²) in [7, 11) is 1.75. The van der Waals surface area contributed by atoms with E-state index in [1.807, 2.05) is 12.1 Å². The van der Waals surface area contributed by atoms with E-state index in [-0.39, 0.29) is 29.8 Å². The van der Waals surface area contributed by atoms with Crippen LogP contribution in [0.15, 0.2) is 59.3 Å². The normalized spacial score (nSPS) is 14.2. The number of anilines is 3. The van der Waals surface area contributed by atoms with Gasteiger partial charge in [0.05, 0.1) is 12.6 Å².